The van der Waals surface area contributed by atoms with E-state index in [0.29, 0.717) is 83.1 Å². The predicted molar refractivity (Wildman–Crippen MR) is 202 cm³/mol. The number of aliphatic hydroxyl groups excluding tert-OH is 2. The first-order valence-electron chi connectivity index (χ1n) is 19.1. The van der Waals surface area contributed by atoms with Crippen LogP contribution >= 0.6 is 0 Å². The number of hydrogen-bond acceptors (Lipinski definition) is 10. The van der Waals surface area contributed by atoms with E-state index in [9.17, 15) is 4.79 Å². The van der Waals surface area contributed by atoms with Crippen LogP contribution in [-0.2, 0) is 23.7 Å². The van der Waals surface area contributed by atoms with E-state index in [0.717, 1.165) is 24.0 Å². The summed E-state index contributed by atoms with van der Waals surface area (Å²) < 4.78 is 38.9. The van der Waals surface area contributed by atoms with Crippen molar-refractivity contribution in [1.29, 1.82) is 0 Å². The molecule has 0 amide bonds. The molecule has 10 nitrogen and oxygen atoms in total. The van der Waals surface area contributed by atoms with Gasteiger partial charge in [0.15, 0.2) is 11.5 Å². The SMILES string of the molecule is CCCCCCCCCCCCCCOC(=O)c1ccc(C=Cc2ccc(OCCOCCOCCO)c(OCCOCCOCCO)c2)cc1. The Morgan fingerprint density at radius 2 is 0.961 bits per heavy atom. The summed E-state index contributed by atoms with van der Waals surface area (Å²) >= 11 is 0. The average Bonchev–Trinajstić information content (AvgIpc) is 3.15. The van der Waals surface area contributed by atoms with Crippen LogP contribution in [0.15, 0.2) is 42.5 Å². The molecule has 0 radical (unpaired) electrons. The normalized spacial score (nSPS) is 11.4. The number of esters is 1. The van der Waals surface area contributed by atoms with Gasteiger partial charge >= 0.3 is 5.97 Å². The van der Waals surface area contributed by atoms with Crippen molar-refractivity contribution >= 4 is 18.1 Å². The maximum atomic E-state index is 12.5. The van der Waals surface area contributed by atoms with Crippen LogP contribution < -0.4 is 9.47 Å². The molecule has 0 spiro atoms. The first-order chi connectivity index (χ1) is 25.2. The molecule has 2 aromatic rings. The Morgan fingerprint density at radius 3 is 1.51 bits per heavy atom. The molecule has 2 N–H and O–H groups in total. The molecule has 0 atom stereocenters. The van der Waals surface area contributed by atoms with Crippen LogP contribution in [0.4, 0.5) is 0 Å². The van der Waals surface area contributed by atoms with Crippen LogP contribution in [0.25, 0.3) is 12.2 Å². The zero-order chi connectivity index (χ0) is 36.5. The number of unbranched alkanes of at least 4 members (excludes halogenated alkanes) is 11. The lowest BCUT2D eigenvalue weighted by Crippen LogP contribution is -2.13. The molecule has 0 saturated heterocycles. The van der Waals surface area contributed by atoms with Gasteiger partial charge in [-0.15, -0.1) is 0 Å². The van der Waals surface area contributed by atoms with Crippen molar-refractivity contribution in [1.82, 2.24) is 0 Å². The minimum atomic E-state index is -0.284. The van der Waals surface area contributed by atoms with E-state index in [2.05, 4.69) is 6.92 Å². The fourth-order valence-corrected chi connectivity index (χ4v) is 5.17. The fourth-order valence-electron chi connectivity index (χ4n) is 5.17. The van der Waals surface area contributed by atoms with Crippen molar-refractivity contribution in [2.45, 2.75) is 84.0 Å². The van der Waals surface area contributed by atoms with Gasteiger partial charge in [0.05, 0.1) is 78.2 Å². The Kier molecular flexibility index (Phi) is 27.5. The highest BCUT2D eigenvalue weighted by Gasteiger charge is 2.09. The lowest BCUT2D eigenvalue weighted by Gasteiger charge is -2.14. The lowest BCUT2D eigenvalue weighted by atomic mass is 10.1. The first kappa shape index (κ1) is 44.2. The van der Waals surface area contributed by atoms with Crippen molar-refractivity contribution in [2.75, 3.05) is 85.9 Å². The number of benzene rings is 2. The van der Waals surface area contributed by atoms with E-state index in [1.807, 2.05) is 42.5 Å². The van der Waals surface area contributed by atoms with Crippen molar-refractivity contribution in [3.05, 3.63) is 59.2 Å². The maximum absolute atomic E-state index is 12.5. The van der Waals surface area contributed by atoms with E-state index < -0.39 is 0 Å². The first-order valence-corrected chi connectivity index (χ1v) is 19.1. The molecular weight excluding hydrogens is 652 g/mol. The molecule has 0 unspecified atom stereocenters. The van der Waals surface area contributed by atoms with E-state index in [4.69, 9.17) is 43.4 Å². The van der Waals surface area contributed by atoms with Crippen LogP contribution in [0.1, 0.15) is 105 Å². The molecule has 0 saturated carbocycles. The minimum absolute atomic E-state index is 0.0120. The van der Waals surface area contributed by atoms with Gasteiger partial charge in [0.1, 0.15) is 13.2 Å². The van der Waals surface area contributed by atoms with E-state index >= 15 is 0 Å². The second-order valence-electron chi connectivity index (χ2n) is 12.3. The minimum Gasteiger partial charge on any atom is -0.487 e. The van der Waals surface area contributed by atoms with Crippen LogP contribution in [0, 0.1) is 0 Å². The van der Waals surface area contributed by atoms with Gasteiger partial charge < -0.3 is 43.4 Å². The molecule has 0 aliphatic heterocycles. The summed E-state index contributed by atoms with van der Waals surface area (Å²) in [6.07, 6.45) is 19.2. The van der Waals surface area contributed by atoms with E-state index in [1.54, 1.807) is 12.1 Å². The Labute approximate surface area is 306 Å². The summed E-state index contributed by atoms with van der Waals surface area (Å²) in [6.45, 7) is 6.30. The van der Waals surface area contributed by atoms with Gasteiger partial charge in [0.2, 0.25) is 0 Å². The van der Waals surface area contributed by atoms with Gasteiger partial charge in [-0.2, -0.15) is 0 Å². The average molecular weight is 717 g/mol. The summed E-state index contributed by atoms with van der Waals surface area (Å²) in [5.41, 5.74) is 2.42. The van der Waals surface area contributed by atoms with Crippen molar-refractivity contribution < 1.29 is 48.2 Å². The van der Waals surface area contributed by atoms with Crippen molar-refractivity contribution in [3.8, 4) is 11.5 Å². The summed E-state index contributed by atoms with van der Waals surface area (Å²) in [7, 11) is 0. The molecule has 0 aliphatic rings. The van der Waals surface area contributed by atoms with Gasteiger partial charge in [-0.05, 0) is 41.8 Å². The molecular formula is C41H64O10. The third-order valence-corrected chi connectivity index (χ3v) is 8.00. The summed E-state index contributed by atoms with van der Waals surface area (Å²) in [5.74, 6) is 0.882. The third-order valence-electron chi connectivity index (χ3n) is 8.00. The van der Waals surface area contributed by atoms with Crippen LogP contribution in [0.5, 0.6) is 11.5 Å². The summed E-state index contributed by atoms with van der Waals surface area (Å²) in [4.78, 5) is 12.5. The Morgan fingerprint density at radius 1 is 0.510 bits per heavy atom. The molecule has 10 heteroatoms. The largest absolute Gasteiger partial charge is 0.487 e. The summed E-state index contributed by atoms with van der Waals surface area (Å²) in [5, 5.41) is 17.6. The Bertz CT molecular complexity index is 1140. The molecule has 0 heterocycles. The zero-order valence-electron chi connectivity index (χ0n) is 31.0. The third kappa shape index (κ3) is 23.2. The van der Waals surface area contributed by atoms with Crippen LogP contribution in [-0.4, -0.2) is 102 Å². The van der Waals surface area contributed by atoms with Gasteiger partial charge in [-0.3, -0.25) is 0 Å². The molecule has 51 heavy (non-hydrogen) atoms. The van der Waals surface area contributed by atoms with Crippen LogP contribution in [0.2, 0.25) is 0 Å². The quantitative estimate of drug-likeness (QED) is 0.0427. The summed E-state index contributed by atoms with van der Waals surface area (Å²) in [6, 6.07) is 13.1. The highest BCUT2D eigenvalue weighted by atomic mass is 16.6. The van der Waals surface area contributed by atoms with Crippen molar-refractivity contribution in [3.63, 3.8) is 0 Å². The molecule has 2 aromatic carbocycles. The second-order valence-corrected chi connectivity index (χ2v) is 12.3. The molecule has 0 bridgehead atoms. The number of ether oxygens (including phenoxy) is 7. The number of aliphatic hydroxyl groups is 2. The fraction of sp³-hybridized carbons (Fsp3) is 0.634. The molecule has 2 rings (SSSR count). The monoisotopic (exact) mass is 716 g/mol. The Balaban J connectivity index is 1.76. The molecule has 0 fully saturated rings. The standard InChI is InChI=1S/C41H64O10/c1-2-3-4-5-6-7-8-9-10-11-12-13-24-51-41(44)38-19-16-36(17-20-38)14-15-37-18-21-39(49-33-31-47-29-27-45-25-22-42)40(35-37)50-34-32-48-30-28-46-26-23-43/h14-21,35,42-43H,2-13,22-34H2,1H3. The predicted octanol–water partition coefficient (Wildman–Crippen LogP) is 7.52. The molecule has 0 aliphatic carbocycles. The number of carbonyl (C=O) groups excluding carboxylic acids is 1. The second kappa shape index (κ2) is 31.7. The number of rotatable bonds is 34. The van der Waals surface area contributed by atoms with E-state index in [1.165, 1.54) is 64.2 Å². The van der Waals surface area contributed by atoms with Gasteiger partial charge in [0, 0.05) is 0 Å². The van der Waals surface area contributed by atoms with Crippen molar-refractivity contribution in [2.24, 2.45) is 0 Å². The van der Waals surface area contributed by atoms with Gasteiger partial charge in [-0.1, -0.05) is 108 Å². The zero-order valence-corrected chi connectivity index (χ0v) is 31.0. The number of carbonyl (C=O) groups is 1. The topological polar surface area (TPSA) is 122 Å². The molecule has 0 aromatic heterocycles. The smallest absolute Gasteiger partial charge is 0.338 e. The van der Waals surface area contributed by atoms with Gasteiger partial charge in [0.25, 0.3) is 0 Å². The number of hydrogen-bond donors (Lipinski definition) is 2. The lowest BCUT2D eigenvalue weighted by molar-refractivity contribution is 0.0223. The maximum Gasteiger partial charge on any atom is 0.338 e. The molecule has 288 valence electrons. The van der Waals surface area contributed by atoms with E-state index in [-0.39, 0.29) is 25.8 Å². The van der Waals surface area contributed by atoms with Gasteiger partial charge in [-0.25, -0.2) is 4.79 Å². The Hall–Kier alpha value is -2.99. The highest BCUT2D eigenvalue weighted by Crippen LogP contribution is 2.29. The highest BCUT2D eigenvalue weighted by molar-refractivity contribution is 5.89. The van der Waals surface area contributed by atoms with Crippen LogP contribution in [0.3, 0.4) is 0 Å².